The summed E-state index contributed by atoms with van der Waals surface area (Å²) in [5.74, 6) is -0.335. The third-order valence-electron chi connectivity index (χ3n) is 2.49. The van der Waals surface area contributed by atoms with Crippen molar-refractivity contribution < 1.29 is 9.53 Å². The smallest absolute Gasteiger partial charge is 0.340 e. The Morgan fingerprint density at radius 3 is 2.75 bits per heavy atom. The van der Waals surface area contributed by atoms with Gasteiger partial charge in [-0.25, -0.2) is 4.79 Å². The topological polar surface area (TPSA) is 52.3 Å². The Morgan fingerprint density at radius 1 is 1.38 bits per heavy atom. The van der Waals surface area contributed by atoms with E-state index in [0.29, 0.717) is 17.9 Å². The highest BCUT2D eigenvalue weighted by atomic mass is 16.5. The molecule has 0 saturated heterocycles. The summed E-state index contributed by atoms with van der Waals surface area (Å²) in [5, 5.41) is 0. The molecule has 0 spiro atoms. The van der Waals surface area contributed by atoms with Gasteiger partial charge in [0, 0.05) is 5.69 Å². The Kier molecular flexibility index (Phi) is 4.83. The number of carbonyl (C=O) groups excluding carboxylic acids is 1. The van der Waals surface area contributed by atoms with Crippen LogP contribution in [0.25, 0.3) is 0 Å². The van der Waals surface area contributed by atoms with Gasteiger partial charge in [-0.2, -0.15) is 0 Å². The van der Waals surface area contributed by atoms with Crippen LogP contribution in [0.5, 0.6) is 0 Å². The molecule has 0 aliphatic rings. The van der Waals surface area contributed by atoms with Crippen molar-refractivity contribution in [3.05, 3.63) is 29.3 Å². The molecule has 0 atom stereocenters. The van der Waals surface area contributed by atoms with Gasteiger partial charge in [0.25, 0.3) is 0 Å². The van der Waals surface area contributed by atoms with Crippen molar-refractivity contribution in [3.8, 4) is 0 Å². The molecule has 0 aliphatic heterocycles. The summed E-state index contributed by atoms with van der Waals surface area (Å²) in [6.45, 7) is 4.29. The maximum atomic E-state index is 11.6. The van der Waals surface area contributed by atoms with E-state index in [1.165, 1.54) is 0 Å². The molecular formula is C13H19NO2. The minimum atomic E-state index is -0.335. The Morgan fingerprint density at radius 2 is 2.12 bits per heavy atom. The Bertz CT molecular complexity index is 361. The van der Waals surface area contributed by atoms with E-state index in [2.05, 4.69) is 6.92 Å². The number of hydrogen-bond acceptors (Lipinski definition) is 3. The molecule has 3 nitrogen and oxygen atoms in total. The van der Waals surface area contributed by atoms with Gasteiger partial charge >= 0.3 is 5.97 Å². The van der Waals surface area contributed by atoms with Crippen LogP contribution in [-0.4, -0.2) is 12.6 Å². The molecule has 16 heavy (non-hydrogen) atoms. The fraction of sp³-hybridized carbons (Fsp3) is 0.462. The van der Waals surface area contributed by atoms with E-state index in [-0.39, 0.29) is 5.97 Å². The second-order valence-corrected chi connectivity index (χ2v) is 3.70. The first-order valence-electron chi connectivity index (χ1n) is 5.75. The third kappa shape index (κ3) is 2.99. The lowest BCUT2D eigenvalue weighted by atomic mass is 10.0. The SMILES string of the molecule is CCCCc1cccc(C(=O)OCC)c1N. The summed E-state index contributed by atoms with van der Waals surface area (Å²) < 4.78 is 4.95. The van der Waals surface area contributed by atoms with Gasteiger partial charge in [-0.3, -0.25) is 0 Å². The van der Waals surface area contributed by atoms with Gasteiger partial charge in [0.05, 0.1) is 12.2 Å². The molecule has 1 aromatic carbocycles. The molecule has 1 rings (SSSR count). The number of hydrogen-bond donors (Lipinski definition) is 1. The first-order valence-corrected chi connectivity index (χ1v) is 5.75. The van der Waals surface area contributed by atoms with Crippen molar-refractivity contribution in [3.63, 3.8) is 0 Å². The molecule has 3 heteroatoms. The summed E-state index contributed by atoms with van der Waals surface area (Å²) in [4.78, 5) is 11.6. The number of rotatable bonds is 5. The predicted molar refractivity (Wildman–Crippen MR) is 65.4 cm³/mol. The van der Waals surface area contributed by atoms with Crippen LogP contribution in [0.4, 0.5) is 5.69 Å². The number of nitrogens with two attached hydrogens (primary N) is 1. The zero-order valence-corrected chi connectivity index (χ0v) is 9.95. The summed E-state index contributed by atoms with van der Waals surface area (Å²) in [6.07, 6.45) is 3.11. The summed E-state index contributed by atoms with van der Waals surface area (Å²) in [6, 6.07) is 5.53. The van der Waals surface area contributed by atoms with Crippen molar-refractivity contribution >= 4 is 11.7 Å². The minimum Gasteiger partial charge on any atom is -0.462 e. The molecule has 0 fully saturated rings. The molecule has 0 unspecified atom stereocenters. The Balaban J connectivity index is 2.89. The largest absolute Gasteiger partial charge is 0.462 e. The van der Waals surface area contributed by atoms with E-state index in [4.69, 9.17) is 10.5 Å². The van der Waals surface area contributed by atoms with Crippen LogP contribution in [0.3, 0.4) is 0 Å². The van der Waals surface area contributed by atoms with Crippen LogP contribution < -0.4 is 5.73 Å². The van der Waals surface area contributed by atoms with E-state index in [1.54, 1.807) is 13.0 Å². The van der Waals surface area contributed by atoms with Crippen LogP contribution in [0.1, 0.15) is 42.6 Å². The third-order valence-corrected chi connectivity index (χ3v) is 2.49. The number of benzene rings is 1. The quantitative estimate of drug-likeness (QED) is 0.614. The highest BCUT2D eigenvalue weighted by Gasteiger charge is 2.12. The van der Waals surface area contributed by atoms with Gasteiger partial charge in [0.1, 0.15) is 0 Å². The van der Waals surface area contributed by atoms with Gasteiger partial charge in [-0.1, -0.05) is 25.5 Å². The van der Waals surface area contributed by atoms with E-state index in [0.717, 1.165) is 24.8 Å². The van der Waals surface area contributed by atoms with Gasteiger partial charge in [0.15, 0.2) is 0 Å². The lowest BCUT2D eigenvalue weighted by Gasteiger charge is -2.09. The average Bonchev–Trinajstić information content (AvgIpc) is 2.28. The van der Waals surface area contributed by atoms with E-state index in [9.17, 15) is 4.79 Å². The highest BCUT2D eigenvalue weighted by molar-refractivity contribution is 5.95. The molecule has 0 heterocycles. The lowest BCUT2D eigenvalue weighted by Crippen LogP contribution is -2.09. The predicted octanol–water partition coefficient (Wildman–Crippen LogP) is 2.79. The molecule has 0 aliphatic carbocycles. The molecule has 0 bridgehead atoms. The van der Waals surface area contributed by atoms with Crippen molar-refractivity contribution in [2.24, 2.45) is 0 Å². The van der Waals surface area contributed by atoms with E-state index in [1.807, 2.05) is 12.1 Å². The number of aryl methyl sites for hydroxylation is 1. The van der Waals surface area contributed by atoms with Gasteiger partial charge in [0.2, 0.25) is 0 Å². The lowest BCUT2D eigenvalue weighted by molar-refractivity contribution is 0.0527. The van der Waals surface area contributed by atoms with Crippen molar-refractivity contribution in [2.75, 3.05) is 12.3 Å². The second kappa shape index (κ2) is 6.16. The molecule has 0 amide bonds. The van der Waals surface area contributed by atoms with Gasteiger partial charge in [-0.05, 0) is 31.4 Å². The fourth-order valence-corrected chi connectivity index (χ4v) is 1.59. The standard InChI is InChI=1S/C13H19NO2/c1-3-5-7-10-8-6-9-11(12(10)14)13(15)16-4-2/h6,8-9H,3-5,7,14H2,1-2H3. The van der Waals surface area contributed by atoms with Gasteiger partial charge < -0.3 is 10.5 Å². The number of unbranched alkanes of at least 4 members (excludes halogenated alkanes) is 1. The van der Waals surface area contributed by atoms with Gasteiger partial charge in [-0.15, -0.1) is 0 Å². The minimum absolute atomic E-state index is 0.335. The number of anilines is 1. The molecule has 0 aromatic heterocycles. The normalized spacial score (nSPS) is 10.1. The van der Waals surface area contributed by atoms with Crippen LogP contribution in [0, 0.1) is 0 Å². The zero-order chi connectivity index (χ0) is 12.0. The number of esters is 1. The average molecular weight is 221 g/mol. The van der Waals surface area contributed by atoms with Crippen molar-refractivity contribution in [2.45, 2.75) is 33.1 Å². The number of nitrogen functional groups attached to an aromatic ring is 1. The maximum absolute atomic E-state index is 11.6. The number of carbonyl (C=O) groups is 1. The van der Waals surface area contributed by atoms with E-state index >= 15 is 0 Å². The zero-order valence-electron chi connectivity index (χ0n) is 9.95. The molecular weight excluding hydrogens is 202 g/mol. The molecule has 1 aromatic rings. The fourth-order valence-electron chi connectivity index (χ4n) is 1.59. The summed E-state index contributed by atoms with van der Waals surface area (Å²) >= 11 is 0. The molecule has 0 saturated carbocycles. The number of ether oxygens (including phenoxy) is 1. The van der Waals surface area contributed by atoms with Crippen LogP contribution in [-0.2, 0) is 11.2 Å². The first kappa shape index (κ1) is 12.6. The molecule has 88 valence electrons. The van der Waals surface area contributed by atoms with Crippen molar-refractivity contribution in [1.82, 2.24) is 0 Å². The van der Waals surface area contributed by atoms with Crippen LogP contribution in [0.2, 0.25) is 0 Å². The van der Waals surface area contributed by atoms with Crippen molar-refractivity contribution in [1.29, 1.82) is 0 Å². The summed E-state index contributed by atoms with van der Waals surface area (Å²) in [7, 11) is 0. The van der Waals surface area contributed by atoms with E-state index < -0.39 is 0 Å². The Labute approximate surface area is 96.6 Å². The first-order chi connectivity index (χ1) is 7.70. The highest BCUT2D eigenvalue weighted by Crippen LogP contribution is 2.20. The Hall–Kier alpha value is -1.51. The molecule has 2 N–H and O–H groups in total. The van der Waals surface area contributed by atoms with Crippen LogP contribution in [0.15, 0.2) is 18.2 Å². The maximum Gasteiger partial charge on any atom is 0.340 e. The summed E-state index contributed by atoms with van der Waals surface area (Å²) in [5.41, 5.74) is 8.04. The monoisotopic (exact) mass is 221 g/mol. The van der Waals surface area contributed by atoms with Crippen LogP contribution >= 0.6 is 0 Å². The molecule has 0 radical (unpaired) electrons. The second-order valence-electron chi connectivity index (χ2n) is 3.70. The number of para-hydroxylation sites is 1.